The Morgan fingerprint density at radius 1 is 1.30 bits per heavy atom. The lowest BCUT2D eigenvalue weighted by molar-refractivity contribution is -0.128. The Kier molecular flexibility index (Phi) is 4.76. The Morgan fingerprint density at radius 2 is 1.95 bits per heavy atom. The summed E-state index contributed by atoms with van der Waals surface area (Å²) < 4.78 is 13.3. The molecule has 0 unspecified atom stereocenters. The van der Waals surface area contributed by atoms with Crippen molar-refractivity contribution in [2.45, 2.75) is 38.5 Å². The first-order valence-corrected chi connectivity index (χ1v) is 7.33. The maximum absolute atomic E-state index is 13.3. The molecule has 0 heterocycles. The number of benzene rings is 1. The third kappa shape index (κ3) is 3.01. The second kappa shape index (κ2) is 6.35. The Labute approximate surface area is 120 Å². The maximum atomic E-state index is 13.3. The molecule has 0 spiro atoms. The van der Waals surface area contributed by atoms with Crippen molar-refractivity contribution < 1.29 is 9.18 Å². The minimum Gasteiger partial charge on any atom is -0.329 e. The van der Waals surface area contributed by atoms with Crippen LogP contribution in [0.5, 0.6) is 0 Å². The van der Waals surface area contributed by atoms with Gasteiger partial charge in [0.25, 0.3) is 0 Å². The zero-order chi connectivity index (χ0) is 14.6. The molecule has 0 radical (unpaired) electrons. The molecule has 0 bridgehead atoms. The third-order valence-corrected chi connectivity index (χ3v) is 4.41. The van der Waals surface area contributed by atoms with E-state index < -0.39 is 5.41 Å². The van der Waals surface area contributed by atoms with Crippen molar-refractivity contribution in [3.8, 4) is 0 Å². The average molecular weight is 278 g/mol. The summed E-state index contributed by atoms with van der Waals surface area (Å²) in [6.45, 7) is 0.367. The first-order chi connectivity index (χ1) is 9.59. The number of carbonyl (C=O) groups is 1. The monoisotopic (exact) mass is 278 g/mol. The molecule has 1 aromatic rings. The van der Waals surface area contributed by atoms with Crippen LogP contribution in [0.25, 0.3) is 0 Å². The summed E-state index contributed by atoms with van der Waals surface area (Å²) in [5.41, 5.74) is 6.05. The molecular formula is C16H23FN2O. The van der Waals surface area contributed by atoms with Crippen molar-refractivity contribution in [1.29, 1.82) is 0 Å². The molecule has 1 aromatic carbocycles. The van der Waals surface area contributed by atoms with E-state index in [-0.39, 0.29) is 11.7 Å². The van der Waals surface area contributed by atoms with Crippen molar-refractivity contribution in [2.75, 3.05) is 18.5 Å². The van der Waals surface area contributed by atoms with E-state index in [1.807, 2.05) is 0 Å². The SMILES string of the molecule is CN(C(=O)C1(CN)CCCCCC1)c1cccc(F)c1. The van der Waals surface area contributed by atoms with Gasteiger partial charge in [-0.2, -0.15) is 0 Å². The van der Waals surface area contributed by atoms with Gasteiger partial charge in [-0.15, -0.1) is 0 Å². The minimum absolute atomic E-state index is 0.0208. The molecule has 20 heavy (non-hydrogen) atoms. The molecule has 0 atom stereocenters. The fraction of sp³-hybridized carbons (Fsp3) is 0.562. The van der Waals surface area contributed by atoms with Crippen LogP contribution in [0.4, 0.5) is 10.1 Å². The maximum Gasteiger partial charge on any atom is 0.234 e. The summed E-state index contributed by atoms with van der Waals surface area (Å²) in [6.07, 6.45) is 6.08. The molecule has 4 heteroatoms. The molecule has 0 saturated heterocycles. The molecule has 110 valence electrons. The van der Waals surface area contributed by atoms with Crippen molar-refractivity contribution in [3.63, 3.8) is 0 Å². The molecule has 0 aliphatic heterocycles. The van der Waals surface area contributed by atoms with Gasteiger partial charge >= 0.3 is 0 Å². The van der Waals surface area contributed by atoms with Crippen LogP contribution in [-0.4, -0.2) is 19.5 Å². The average Bonchev–Trinajstić information content (AvgIpc) is 2.72. The molecule has 1 aliphatic carbocycles. The number of carbonyl (C=O) groups excluding carboxylic acids is 1. The Balaban J connectivity index is 2.23. The molecule has 2 rings (SSSR count). The molecule has 1 fully saturated rings. The minimum atomic E-state index is -0.475. The van der Waals surface area contributed by atoms with Crippen LogP contribution >= 0.6 is 0 Å². The first kappa shape index (κ1) is 15.0. The fourth-order valence-electron chi connectivity index (χ4n) is 3.07. The Bertz CT molecular complexity index is 467. The highest BCUT2D eigenvalue weighted by Gasteiger charge is 2.39. The van der Waals surface area contributed by atoms with Gasteiger partial charge in [0.2, 0.25) is 5.91 Å². The smallest absolute Gasteiger partial charge is 0.234 e. The number of hydrogen-bond donors (Lipinski definition) is 1. The lowest BCUT2D eigenvalue weighted by Crippen LogP contribution is -2.46. The van der Waals surface area contributed by atoms with E-state index in [1.165, 1.54) is 25.0 Å². The number of rotatable bonds is 3. The van der Waals surface area contributed by atoms with E-state index in [9.17, 15) is 9.18 Å². The van der Waals surface area contributed by atoms with Gasteiger partial charge in [-0.1, -0.05) is 31.7 Å². The molecule has 0 aromatic heterocycles. The number of hydrogen-bond acceptors (Lipinski definition) is 2. The van der Waals surface area contributed by atoms with Gasteiger partial charge in [-0.25, -0.2) is 4.39 Å². The lowest BCUT2D eigenvalue weighted by atomic mass is 9.79. The van der Waals surface area contributed by atoms with Crippen LogP contribution in [-0.2, 0) is 4.79 Å². The van der Waals surface area contributed by atoms with Crippen LogP contribution in [0.3, 0.4) is 0 Å². The summed E-state index contributed by atoms with van der Waals surface area (Å²) in [6, 6.07) is 6.14. The number of anilines is 1. The Morgan fingerprint density at radius 3 is 2.50 bits per heavy atom. The summed E-state index contributed by atoms with van der Waals surface area (Å²) in [7, 11) is 1.71. The van der Waals surface area contributed by atoms with E-state index in [4.69, 9.17) is 5.73 Å². The van der Waals surface area contributed by atoms with E-state index in [0.29, 0.717) is 12.2 Å². The van der Waals surface area contributed by atoms with Crippen molar-refractivity contribution >= 4 is 11.6 Å². The fourth-order valence-corrected chi connectivity index (χ4v) is 3.07. The molecule has 2 N–H and O–H groups in total. The van der Waals surface area contributed by atoms with Crippen LogP contribution in [0, 0.1) is 11.2 Å². The van der Waals surface area contributed by atoms with Crippen molar-refractivity contribution in [1.82, 2.24) is 0 Å². The molecule has 3 nitrogen and oxygen atoms in total. The lowest BCUT2D eigenvalue weighted by Gasteiger charge is -2.34. The Hall–Kier alpha value is -1.42. The quantitative estimate of drug-likeness (QED) is 0.864. The third-order valence-electron chi connectivity index (χ3n) is 4.41. The zero-order valence-corrected chi connectivity index (χ0v) is 12.1. The second-order valence-corrected chi connectivity index (χ2v) is 5.74. The number of nitrogens with zero attached hydrogens (tertiary/aromatic N) is 1. The normalized spacial score (nSPS) is 18.4. The molecule has 1 saturated carbocycles. The largest absolute Gasteiger partial charge is 0.329 e. The van der Waals surface area contributed by atoms with Gasteiger partial charge < -0.3 is 10.6 Å². The van der Waals surface area contributed by atoms with Crippen LogP contribution in [0.1, 0.15) is 38.5 Å². The highest BCUT2D eigenvalue weighted by atomic mass is 19.1. The summed E-state index contributed by atoms with van der Waals surface area (Å²) in [5, 5.41) is 0. The predicted octanol–water partition coefficient (Wildman–Crippen LogP) is 3.09. The zero-order valence-electron chi connectivity index (χ0n) is 12.1. The standard InChI is InChI=1S/C16H23FN2O/c1-19(14-8-6-7-13(17)11-14)15(20)16(12-18)9-4-2-3-5-10-16/h6-8,11H,2-5,9-10,12,18H2,1H3. The van der Waals surface area contributed by atoms with Gasteiger partial charge in [-0.05, 0) is 31.0 Å². The van der Waals surface area contributed by atoms with E-state index in [1.54, 1.807) is 24.1 Å². The molecular weight excluding hydrogens is 255 g/mol. The van der Waals surface area contributed by atoms with Gasteiger partial charge in [0.1, 0.15) is 5.82 Å². The van der Waals surface area contributed by atoms with Crippen LogP contribution in [0.2, 0.25) is 0 Å². The van der Waals surface area contributed by atoms with Crippen molar-refractivity contribution in [2.24, 2.45) is 11.1 Å². The number of nitrogens with two attached hydrogens (primary N) is 1. The molecule has 1 amide bonds. The first-order valence-electron chi connectivity index (χ1n) is 7.33. The van der Waals surface area contributed by atoms with Gasteiger partial charge in [-0.3, -0.25) is 4.79 Å². The summed E-state index contributed by atoms with van der Waals surface area (Å²) >= 11 is 0. The van der Waals surface area contributed by atoms with Gasteiger partial charge in [0.05, 0.1) is 5.41 Å². The van der Waals surface area contributed by atoms with E-state index >= 15 is 0 Å². The predicted molar refractivity (Wildman–Crippen MR) is 79.0 cm³/mol. The number of halogens is 1. The van der Waals surface area contributed by atoms with Crippen LogP contribution in [0.15, 0.2) is 24.3 Å². The van der Waals surface area contributed by atoms with Crippen LogP contribution < -0.4 is 10.6 Å². The van der Waals surface area contributed by atoms with E-state index in [0.717, 1.165) is 25.7 Å². The highest BCUT2D eigenvalue weighted by molar-refractivity contribution is 5.97. The van der Waals surface area contributed by atoms with Crippen molar-refractivity contribution in [3.05, 3.63) is 30.1 Å². The van der Waals surface area contributed by atoms with Gasteiger partial charge in [0.15, 0.2) is 0 Å². The summed E-state index contributed by atoms with van der Waals surface area (Å²) in [5.74, 6) is -0.308. The number of amides is 1. The molecule has 1 aliphatic rings. The topological polar surface area (TPSA) is 46.3 Å². The van der Waals surface area contributed by atoms with Gasteiger partial charge in [0, 0.05) is 19.3 Å². The van der Waals surface area contributed by atoms with E-state index in [2.05, 4.69) is 0 Å². The summed E-state index contributed by atoms with van der Waals surface area (Å²) in [4.78, 5) is 14.4. The second-order valence-electron chi connectivity index (χ2n) is 5.74. The highest BCUT2D eigenvalue weighted by Crippen LogP contribution is 2.36.